The fourth-order valence-electron chi connectivity index (χ4n) is 2.02. The third-order valence-corrected chi connectivity index (χ3v) is 3.09. The Morgan fingerprint density at radius 1 is 1.14 bits per heavy atom. The average Bonchev–Trinajstić information content (AvgIpc) is 2.45. The molecule has 4 nitrogen and oxygen atoms in total. The minimum atomic E-state index is -1.16. The van der Waals surface area contributed by atoms with Crippen molar-refractivity contribution in [2.45, 2.75) is 13.0 Å². The van der Waals surface area contributed by atoms with Gasteiger partial charge in [-0.3, -0.25) is 4.79 Å². The molecule has 21 heavy (non-hydrogen) atoms. The van der Waals surface area contributed by atoms with E-state index >= 15 is 0 Å². The number of carbonyl (C=O) groups is 2. The van der Waals surface area contributed by atoms with Crippen LogP contribution < -0.4 is 5.32 Å². The Balaban J connectivity index is 2.25. The summed E-state index contributed by atoms with van der Waals surface area (Å²) in [4.78, 5) is 23.5. The molecule has 0 fully saturated rings. The molecular weight excluding hydrogens is 273 g/mol. The number of carboxylic acid groups (broad SMARTS) is 1. The maximum atomic E-state index is 13.0. The molecule has 108 valence electrons. The Hall–Kier alpha value is -2.69. The summed E-state index contributed by atoms with van der Waals surface area (Å²) in [5.41, 5.74) is 1.17. The number of benzene rings is 2. The number of carboxylic acids is 1. The maximum absolute atomic E-state index is 13.0. The molecule has 0 aliphatic carbocycles. The lowest BCUT2D eigenvalue weighted by molar-refractivity contribution is -0.139. The van der Waals surface area contributed by atoms with Gasteiger partial charge in [0.1, 0.15) is 5.82 Å². The van der Waals surface area contributed by atoms with E-state index in [0.717, 1.165) is 0 Å². The van der Waals surface area contributed by atoms with Crippen molar-refractivity contribution < 1.29 is 19.1 Å². The van der Waals surface area contributed by atoms with Gasteiger partial charge in [0.25, 0.3) is 5.91 Å². The highest BCUT2D eigenvalue weighted by Crippen LogP contribution is 2.16. The Kier molecular flexibility index (Phi) is 4.33. The SMILES string of the molecule is Cc1cc(F)ccc1C(=O)NC(C(=O)O)c1ccccc1. The van der Waals surface area contributed by atoms with Gasteiger partial charge in [0, 0.05) is 5.56 Å². The lowest BCUT2D eigenvalue weighted by Crippen LogP contribution is -2.34. The minimum Gasteiger partial charge on any atom is -0.479 e. The number of hydrogen-bond donors (Lipinski definition) is 2. The van der Waals surface area contributed by atoms with E-state index in [4.69, 9.17) is 0 Å². The van der Waals surface area contributed by atoms with E-state index in [9.17, 15) is 19.1 Å². The maximum Gasteiger partial charge on any atom is 0.330 e. The summed E-state index contributed by atoms with van der Waals surface area (Å²) in [5, 5.41) is 11.7. The van der Waals surface area contributed by atoms with Gasteiger partial charge in [-0.05, 0) is 36.2 Å². The van der Waals surface area contributed by atoms with Gasteiger partial charge < -0.3 is 10.4 Å². The van der Waals surface area contributed by atoms with Gasteiger partial charge in [-0.2, -0.15) is 0 Å². The smallest absolute Gasteiger partial charge is 0.330 e. The van der Waals surface area contributed by atoms with Crippen molar-refractivity contribution in [3.05, 3.63) is 71.0 Å². The van der Waals surface area contributed by atoms with Crippen molar-refractivity contribution >= 4 is 11.9 Å². The molecule has 1 unspecified atom stereocenters. The fraction of sp³-hybridized carbons (Fsp3) is 0.125. The zero-order valence-electron chi connectivity index (χ0n) is 11.3. The highest BCUT2D eigenvalue weighted by Gasteiger charge is 2.23. The van der Waals surface area contributed by atoms with E-state index in [0.29, 0.717) is 11.1 Å². The first-order valence-corrected chi connectivity index (χ1v) is 6.34. The van der Waals surface area contributed by atoms with E-state index < -0.39 is 23.7 Å². The largest absolute Gasteiger partial charge is 0.479 e. The third kappa shape index (κ3) is 3.45. The highest BCUT2D eigenvalue weighted by atomic mass is 19.1. The molecule has 2 aromatic rings. The van der Waals surface area contributed by atoms with E-state index in [1.807, 2.05) is 0 Å². The molecule has 0 aliphatic heterocycles. The van der Waals surface area contributed by atoms with Gasteiger partial charge in [0.05, 0.1) is 0 Å². The van der Waals surface area contributed by atoms with Crippen molar-refractivity contribution in [1.82, 2.24) is 5.32 Å². The number of hydrogen-bond acceptors (Lipinski definition) is 2. The molecule has 0 radical (unpaired) electrons. The standard InChI is InChI=1S/C16H14FNO3/c1-10-9-12(17)7-8-13(10)15(19)18-14(16(20)21)11-5-3-2-4-6-11/h2-9,14H,1H3,(H,18,19)(H,20,21). The molecule has 0 saturated heterocycles. The summed E-state index contributed by atoms with van der Waals surface area (Å²) in [5.74, 6) is -2.15. The molecule has 1 amide bonds. The van der Waals surface area contributed by atoms with Crippen LogP contribution >= 0.6 is 0 Å². The first-order chi connectivity index (χ1) is 9.99. The molecule has 0 bridgehead atoms. The summed E-state index contributed by atoms with van der Waals surface area (Å²) < 4.78 is 13.0. The van der Waals surface area contributed by atoms with E-state index in [2.05, 4.69) is 5.32 Å². The number of carbonyl (C=O) groups excluding carboxylic acids is 1. The fourth-order valence-corrected chi connectivity index (χ4v) is 2.02. The van der Waals surface area contributed by atoms with E-state index in [1.54, 1.807) is 37.3 Å². The van der Waals surface area contributed by atoms with Gasteiger partial charge in [0.2, 0.25) is 0 Å². The molecule has 0 aliphatic rings. The first-order valence-electron chi connectivity index (χ1n) is 6.34. The van der Waals surface area contributed by atoms with Crippen LogP contribution in [0.25, 0.3) is 0 Å². The van der Waals surface area contributed by atoms with Crippen molar-refractivity contribution in [3.63, 3.8) is 0 Å². The Morgan fingerprint density at radius 3 is 2.38 bits per heavy atom. The third-order valence-electron chi connectivity index (χ3n) is 3.09. The van der Waals surface area contributed by atoms with Crippen LogP contribution in [0, 0.1) is 12.7 Å². The van der Waals surface area contributed by atoms with Crippen LogP contribution in [0.1, 0.15) is 27.5 Å². The molecule has 0 heterocycles. The summed E-state index contributed by atoms with van der Waals surface area (Å²) in [6.45, 7) is 1.59. The number of amides is 1. The van der Waals surface area contributed by atoms with Crippen LogP contribution in [-0.4, -0.2) is 17.0 Å². The zero-order valence-corrected chi connectivity index (χ0v) is 11.3. The Bertz CT molecular complexity index is 670. The second kappa shape index (κ2) is 6.17. The molecule has 2 rings (SSSR count). The Labute approximate surface area is 121 Å². The number of aliphatic carboxylic acids is 1. The van der Waals surface area contributed by atoms with Gasteiger partial charge in [-0.15, -0.1) is 0 Å². The summed E-state index contributed by atoms with van der Waals surface area (Å²) in [7, 11) is 0. The summed E-state index contributed by atoms with van der Waals surface area (Å²) in [6, 6.07) is 11.0. The zero-order chi connectivity index (χ0) is 15.4. The predicted octanol–water partition coefficient (Wildman–Crippen LogP) is 2.69. The molecule has 0 saturated carbocycles. The number of aryl methyl sites for hydroxylation is 1. The molecule has 0 aromatic heterocycles. The van der Waals surface area contributed by atoms with Crippen molar-refractivity contribution in [3.8, 4) is 0 Å². The van der Waals surface area contributed by atoms with Crippen LogP contribution in [0.5, 0.6) is 0 Å². The lowest BCUT2D eigenvalue weighted by atomic mass is 10.0. The second-order valence-corrected chi connectivity index (χ2v) is 4.61. The van der Waals surface area contributed by atoms with Gasteiger partial charge >= 0.3 is 5.97 Å². The molecule has 0 spiro atoms. The van der Waals surface area contributed by atoms with Gasteiger partial charge in [0.15, 0.2) is 6.04 Å². The van der Waals surface area contributed by atoms with Gasteiger partial charge in [-0.1, -0.05) is 30.3 Å². The second-order valence-electron chi connectivity index (χ2n) is 4.61. The average molecular weight is 287 g/mol. The number of rotatable bonds is 4. The van der Waals surface area contributed by atoms with Crippen molar-refractivity contribution in [2.24, 2.45) is 0 Å². The minimum absolute atomic E-state index is 0.249. The van der Waals surface area contributed by atoms with Gasteiger partial charge in [-0.25, -0.2) is 9.18 Å². The molecule has 1 atom stereocenters. The topological polar surface area (TPSA) is 66.4 Å². The molecular formula is C16H14FNO3. The molecule has 2 aromatic carbocycles. The first kappa shape index (κ1) is 14.7. The lowest BCUT2D eigenvalue weighted by Gasteiger charge is -2.15. The monoisotopic (exact) mass is 287 g/mol. The van der Waals surface area contributed by atoms with Crippen LogP contribution in [-0.2, 0) is 4.79 Å². The number of nitrogens with one attached hydrogen (secondary N) is 1. The van der Waals surface area contributed by atoms with E-state index in [1.165, 1.54) is 18.2 Å². The summed E-state index contributed by atoms with van der Waals surface area (Å²) >= 11 is 0. The van der Waals surface area contributed by atoms with Crippen LogP contribution in [0.4, 0.5) is 4.39 Å². The summed E-state index contributed by atoms with van der Waals surface area (Å²) in [6.07, 6.45) is 0. The van der Waals surface area contributed by atoms with Crippen molar-refractivity contribution in [2.75, 3.05) is 0 Å². The quantitative estimate of drug-likeness (QED) is 0.908. The van der Waals surface area contributed by atoms with E-state index in [-0.39, 0.29) is 5.56 Å². The van der Waals surface area contributed by atoms with Crippen molar-refractivity contribution in [1.29, 1.82) is 0 Å². The molecule has 5 heteroatoms. The molecule has 2 N–H and O–H groups in total. The highest BCUT2D eigenvalue weighted by molar-refractivity contribution is 5.98. The van der Waals surface area contributed by atoms with Crippen LogP contribution in [0.2, 0.25) is 0 Å². The predicted molar refractivity (Wildman–Crippen MR) is 75.4 cm³/mol. The number of halogens is 1. The van der Waals surface area contributed by atoms with Crippen LogP contribution in [0.3, 0.4) is 0 Å². The Morgan fingerprint density at radius 2 is 1.81 bits per heavy atom. The van der Waals surface area contributed by atoms with Crippen LogP contribution in [0.15, 0.2) is 48.5 Å². The normalized spacial score (nSPS) is 11.7.